The second kappa shape index (κ2) is 7.90. The molecule has 2 nitrogen and oxygen atoms in total. The molecule has 0 aliphatic heterocycles. The molecule has 1 aromatic carbocycles. The predicted octanol–water partition coefficient (Wildman–Crippen LogP) is 4.59. The molecule has 0 bridgehead atoms. The Kier molecular flexibility index (Phi) is 6.18. The first-order chi connectivity index (χ1) is 9.70. The topological polar surface area (TPSA) is 21.3 Å². The molecule has 1 unspecified atom stereocenters. The number of aryl methyl sites for hydroxylation is 1. The highest BCUT2D eigenvalue weighted by molar-refractivity contribution is 6.31. The van der Waals surface area contributed by atoms with Gasteiger partial charge in [0.25, 0.3) is 0 Å². The van der Waals surface area contributed by atoms with Crippen LogP contribution in [0.25, 0.3) is 0 Å². The summed E-state index contributed by atoms with van der Waals surface area (Å²) in [5.74, 6) is 1.70. The Morgan fingerprint density at radius 1 is 1.35 bits per heavy atom. The zero-order valence-corrected chi connectivity index (χ0v) is 13.4. The molecule has 112 valence electrons. The van der Waals surface area contributed by atoms with Crippen molar-refractivity contribution < 1.29 is 4.74 Å². The minimum absolute atomic E-state index is 0.480. The molecule has 0 heterocycles. The molecule has 1 saturated carbocycles. The van der Waals surface area contributed by atoms with E-state index in [0.717, 1.165) is 35.4 Å². The molecule has 0 radical (unpaired) electrons. The minimum Gasteiger partial charge on any atom is -0.492 e. The maximum atomic E-state index is 6.05. The van der Waals surface area contributed by atoms with Crippen LogP contribution in [0, 0.1) is 12.8 Å². The molecule has 2 rings (SSSR count). The molecule has 1 aromatic rings. The highest BCUT2D eigenvalue weighted by atomic mass is 35.5. The third-order valence-corrected chi connectivity index (χ3v) is 4.61. The van der Waals surface area contributed by atoms with Gasteiger partial charge in [-0.05, 0) is 62.4 Å². The summed E-state index contributed by atoms with van der Waals surface area (Å²) in [6.45, 7) is 6.05. The molecule has 0 amide bonds. The minimum atomic E-state index is 0.480. The fourth-order valence-electron chi connectivity index (χ4n) is 2.94. The Hall–Kier alpha value is -0.730. The van der Waals surface area contributed by atoms with Crippen molar-refractivity contribution in [1.29, 1.82) is 0 Å². The van der Waals surface area contributed by atoms with Gasteiger partial charge in [0.2, 0.25) is 0 Å². The van der Waals surface area contributed by atoms with Crippen molar-refractivity contribution in [1.82, 2.24) is 5.32 Å². The Bertz CT molecular complexity index is 415. The van der Waals surface area contributed by atoms with Gasteiger partial charge >= 0.3 is 0 Å². The van der Waals surface area contributed by atoms with Crippen molar-refractivity contribution in [3.05, 3.63) is 28.8 Å². The molecule has 1 fully saturated rings. The van der Waals surface area contributed by atoms with Crippen LogP contribution >= 0.6 is 11.6 Å². The summed E-state index contributed by atoms with van der Waals surface area (Å²) < 4.78 is 5.99. The zero-order valence-electron chi connectivity index (χ0n) is 12.6. The van der Waals surface area contributed by atoms with Crippen LogP contribution in [0.1, 0.15) is 44.6 Å². The number of hydrogen-bond donors (Lipinski definition) is 1. The highest BCUT2D eigenvalue weighted by Crippen LogP contribution is 2.28. The van der Waals surface area contributed by atoms with Gasteiger partial charge in [0.05, 0.1) is 0 Å². The number of benzene rings is 1. The lowest BCUT2D eigenvalue weighted by atomic mass is 9.98. The van der Waals surface area contributed by atoms with E-state index in [9.17, 15) is 0 Å². The van der Waals surface area contributed by atoms with Gasteiger partial charge in [0, 0.05) is 11.1 Å². The fraction of sp³-hybridized carbons (Fsp3) is 0.647. The number of nitrogens with one attached hydrogen (secondary N) is 1. The van der Waals surface area contributed by atoms with Crippen molar-refractivity contribution in [3.63, 3.8) is 0 Å². The summed E-state index contributed by atoms with van der Waals surface area (Å²) in [5.41, 5.74) is 1.07. The zero-order chi connectivity index (χ0) is 14.4. The number of hydrogen-bond acceptors (Lipinski definition) is 2. The molecule has 1 aliphatic carbocycles. The largest absolute Gasteiger partial charge is 0.492 e. The number of rotatable bonds is 7. The molecule has 0 spiro atoms. The van der Waals surface area contributed by atoms with E-state index in [2.05, 4.69) is 12.2 Å². The van der Waals surface area contributed by atoms with Crippen molar-refractivity contribution in [2.24, 2.45) is 5.92 Å². The van der Waals surface area contributed by atoms with Crippen LogP contribution in [0.5, 0.6) is 5.75 Å². The smallest absolute Gasteiger partial charge is 0.119 e. The van der Waals surface area contributed by atoms with Crippen LogP contribution < -0.4 is 10.1 Å². The summed E-state index contributed by atoms with van der Waals surface area (Å²) in [6, 6.07) is 6.37. The SMILES string of the molecule is CCCNC(COc1ccc(Cl)c(C)c1)C1CCCC1. The summed E-state index contributed by atoms with van der Waals surface area (Å²) >= 11 is 6.05. The summed E-state index contributed by atoms with van der Waals surface area (Å²) in [7, 11) is 0. The Morgan fingerprint density at radius 2 is 2.10 bits per heavy atom. The lowest BCUT2D eigenvalue weighted by Gasteiger charge is -2.25. The van der Waals surface area contributed by atoms with Crippen molar-refractivity contribution in [3.8, 4) is 5.75 Å². The van der Waals surface area contributed by atoms with Crippen molar-refractivity contribution in [2.45, 2.75) is 52.0 Å². The van der Waals surface area contributed by atoms with Gasteiger partial charge in [-0.1, -0.05) is 31.4 Å². The first kappa shape index (κ1) is 15.7. The Labute approximate surface area is 127 Å². The lowest BCUT2D eigenvalue weighted by Crippen LogP contribution is -2.40. The monoisotopic (exact) mass is 295 g/mol. The average molecular weight is 296 g/mol. The predicted molar refractivity (Wildman–Crippen MR) is 85.7 cm³/mol. The van der Waals surface area contributed by atoms with E-state index in [-0.39, 0.29) is 0 Å². The van der Waals surface area contributed by atoms with Crippen LogP contribution in [-0.4, -0.2) is 19.2 Å². The molecule has 0 saturated heterocycles. The van der Waals surface area contributed by atoms with Gasteiger partial charge in [-0.15, -0.1) is 0 Å². The molecule has 0 aromatic heterocycles. The molecule has 1 atom stereocenters. The molecular weight excluding hydrogens is 270 g/mol. The third kappa shape index (κ3) is 4.39. The Balaban J connectivity index is 1.91. The maximum Gasteiger partial charge on any atom is 0.119 e. The van der Waals surface area contributed by atoms with Crippen molar-refractivity contribution in [2.75, 3.05) is 13.2 Å². The van der Waals surface area contributed by atoms with E-state index in [1.54, 1.807) is 0 Å². The third-order valence-electron chi connectivity index (χ3n) is 4.18. The van der Waals surface area contributed by atoms with Crippen LogP contribution in [-0.2, 0) is 0 Å². The maximum absolute atomic E-state index is 6.05. The first-order valence-corrected chi connectivity index (χ1v) is 8.21. The van der Waals surface area contributed by atoms with Gasteiger partial charge in [0.1, 0.15) is 12.4 Å². The van der Waals surface area contributed by atoms with Gasteiger partial charge in [-0.25, -0.2) is 0 Å². The molecule has 20 heavy (non-hydrogen) atoms. The van der Waals surface area contributed by atoms with Crippen LogP contribution in [0.15, 0.2) is 18.2 Å². The summed E-state index contributed by atoms with van der Waals surface area (Å²) in [5, 5.41) is 4.46. The van der Waals surface area contributed by atoms with E-state index in [4.69, 9.17) is 16.3 Å². The number of halogens is 1. The summed E-state index contributed by atoms with van der Waals surface area (Å²) in [6.07, 6.45) is 6.59. The quantitative estimate of drug-likeness (QED) is 0.794. The van der Waals surface area contributed by atoms with E-state index in [1.807, 2.05) is 25.1 Å². The molecular formula is C17H26ClNO. The van der Waals surface area contributed by atoms with Crippen LogP contribution in [0.3, 0.4) is 0 Å². The van der Waals surface area contributed by atoms with Gasteiger partial charge in [0.15, 0.2) is 0 Å². The fourth-order valence-corrected chi connectivity index (χ4v) is 3.06. The van der Waals surface area contributed by atoms with Crippen LogP contribution in [0.4, 0.5) is 0 Å². The standard InChI is InChI=1S/C17H26ClNO/c1-3-10-19-17(14-6-4-5-7-14)12-20-15-8-9-16(18)13(2)11-15/h8-9,11,14,17,19H,3-7,10,12H2,1-2H3. The lowest BCUT2D eigenvalue weighted by molar-refractivity contribution is 0.217. The van der Waals surface area contributed by atoms with Gasteiger partial charge < -0.3 is 10.1 Å². The normalized spacial score (nSPS) is 17.4. The van der Waals surface area contributed by atoms with E-state index >= 15 is 0 Å². The molecule has 1 N–H and O–H groups in total. The second-order valence-corrected chi connectivity index (χ2v) is 6.23. The molecule has 3 heteroatoms. The highest BCUT2D eigenvalue weighted by Gasteiger charge is 2.25. The Morgan fingerprint density at radius 3 is 2.75 bits per heavy atom. The van der Waals surface area contributed by atoms with Crippen molar-refractivity contribution >= 4 is 11.6 Å². The first-order valence-electron chi connectivity index (χ1n) is 7.83. The van der Waals surface area contributed by atoms with E-state index < -0.39 is 0 Å². The second-order valence-electron chi connectivity index (χ2n) is 5.83. The average Bonchev–Trinajstić information content (AvgIpc) is 2.97. The van der Waals surface area contributed by atoms with Gasteiger partial charge in [-0.3, -0.25) is 0 Å². The van der Waals surface area contributed by atoms with Crippen LogP contribution in [0.2, 0.25) is 5.02 Å². The van der Waals surface area contributed by atoms with E-state index in [1.165, 1.54) is 32.1 Å². The number of ether oxygens (including phenoxy) is 1. The molecule has 1 aliphatic rings. The van der Waals surface area contributed by atoms with Gasteiger partial charge in [-0.2, -0.15) is 0 Å². The summed E-state index contributed by atoms with van der Waals surface area (Å²) in [4.78, 5) is 0. The van der Waals surface area contributed by atoms with E-state index in [0.29, 0.717) is 6.04 Å².